The minimum atomic E-state index is 0. The van der Waals surface area contributed by atoms with Gasteiger partial charge in [-0.05, 0) is 74.0 Å². The summed E-state index contributed by atoms with van der Waals surface area (Å²) in [5, 5.41) is 0. The van der Waals surface area contributed by atoms with Gasteiger partial charge in [0.15, 0.2) is 0 Å². The van der Waals surface area contributed by atoms with Crippen molar-refractivity contribution in [1.29, 1.82) is 0 Å². The second kappa shape index (κ2) is 16.3. The van der Waals surface area contributed by atoms with Gasteiger partial charge in [0, 0.05) is 0 Å². The number of carbonyl (C=O) groups excluding carboxylic acids is 2. The first-order valence-electron chi connectivity index (χ1n) is 11.8. The molecule has 5 heteroatoms. The molecule has 4 saturated carbocycles. The van der Waals surface area contributed by atoms with Crippen molar-refractivity contribution >= 4 is 29.4 Å². The Kier molecular flexibility index (Phi) is 15.6. The molecule has 0 aromatic heterocycles. The molecule has 0 amide bonds. The third-order valence-corrected chi connectivity index (χ3v) is 14.7. The molecule has 0 unspecified atom stereocenters. The summed E-state index contributed by atoms with van der Waals surface area (Å²) in [5.74, 6) is 0. The Morgan fingerprint density at radius 2 is 0.828 bits per heavy atom. The second-order valence-corrected chi connectivity index (χ2v) is 14.7. The zero-order valence-corrected chi connectivity index (χ0v) is 20.9. The van der Waals surface area contributed by atoms with E-state index in [-0.39, 0.29) is 24.4 Å². The largest absolute Gasteiger partial charge is 3.00 e. The molecule has 0 aromatic rings. The van der Waals surface area contributed by atoms with Crippen molar-refractivity contribution in [1.82, 2.24) is 0 Å². The number of hydrogen-bond acceptors (Lipinski definition) is 2. The zero-order valence-electron chi connectivity index (χ0n) is 18.1. The minimum absolute atomic E-state index is 0. The van der Waals surface area contributed by atoms with Crippen LogP contribution in [-0.2, 0) is 26.1 Å². The smallest absolute Gasteiger partial charge is 0.545 e. The summed E-state index contributed by atoms with van der Waals surface area (Å²) in [6, 6.07) is 0. The molecule has 169 valence electrons. The summed E-state index contributed by atoms with van der Waals surface area (Å²) in [5.41, 5.74) is 4.63. The zero-order chi connectivity index (χ0) is 20.2. The molecular weight excluding hydrogens is 441 g/mol. The fraction of sp³-hybridized carbons (Fsp3) is 0.875. The molecule has 0 atom stereocenters. The van der Waals surface area contributed by atoms with Crippen molar-refractivity contribution in [2.75, 3.05) is 6.16 Å². The van der Waals surface area contributed by atoms with E-state index in [4.69, 9.17) is 9.59 Å². The van der Waals surface area contributed by atoms with Crippen LogP contribution in [0.25, 0.3) is 0 Å². The van der Waals surface area contributed by atoms with Crippen LogP contribution in [0, 0.1) is 6.16 Å². The third kappa shape index (κ3) is 8.28. The van der Waals surface area contributed by atoms with Crippen LogP contribution >= 0.6 is 15.8 Å². The van der Waals surface area contributed by atoms with Crippen LogP contribution in [0.1, 0.15) is 103 Å². The van der Waals surface area contributed by atoms with Crippen LogP contribution in [-0.4, -0.2) is 42.4 Å². The standard InChI is InChI=1S/C22H39P2.2CHO.Ni/c1-2-10-19(9-1)23(20-11-3-4-12-20)17-18-24(21-13-5-6-14-21)22-15-7-8-16-22;2*1-2;/h17,19-22H,1-16,18H2;2*1H;/q3*-1;+3. The monoisotopic (exact) mass is 481 g/mol. The molecule has 0 saturated heterocycles. The summed E-state index contributed by atoms with van der Waals surface area (Å²) < 4.78 is 0. The third-order valence-electron chi connectivity index (χ3n) is 7.58. The van der Waals surface area contributed by atoms with Gasteiger partial charge < -0.3 is 9.59 Å². The molecule has 2 nitrogen and oxygen atoms in total. The van der Waals surface area contributed by atoms with Crippen LogP contribution < -0.4 is 0 Å². The van der Waals surface area contributed by atoms with Crippen molar-refractivity contribution in [2.24, 2.45) is 0 Å². The Labute approximate surface area is 192 Å². The van der Waals surface area contributed by atoms with Gasteiger partial charge in [-0.3, -0.25) is 27.7 Å². The second-order valence-electron chi connectivity index (χ2n) is 9.08. The van der Waals surface area contributed by atoms with Crippen LogP contribution in [0.5, 0.6) is 0 Å². The molecular formula is C24H41NiO2P2. The van der Waals surface area contributed by atoms with Crippen LogP contribution in [0.4, 0.5) is 0 Å². The van der Waals surface area contributed by atoms with Crippen molar-refractivity contribution in [3.05, 3.63) is 6.16 Å². The SMILES string of the molecule is [CH-](CP(C1CCCC1)C1CCCC1)P(C1CCCC1)C1CCCC1.[CH-]=O.[CH-]=O.[Ni+3]. The van der Waals surface area contributed by atoms with Gasteiger partial charge >= 0.3 is 16.5 Å². The maximum atomic E-state index is 7.75. The van der Waals surface area contributed by atoms with Gasteiger partial charge in [-0.1, -0.05) is 51.4 Å². The Balaban J connectivity index is 0.000000794. The summed E-state index contributed by atoms with van der Waals surface area (Å²) >= 11 is 0. The Morgan fingerprint density at radius 3 is 1.14 bits per heavy atom. The van der Waals surface area contributed by atoms with E-state index in [1.807, 2.05) is 0 Å². The number of hydrogen-bond donors (Lipinski definition) is 0. The Morgan fingerprint density at radius 1 is 0.552 bits per heavy atom. The van der Waals surface area contributed by atoms with Crippen LogP contribution in [0.2, 0.25) is 0 Å². The van der Waals surface area contributed by atoms with Gasteiger partial charge in [0.1, 0.15) is 0 Å². The normalized spacial score (nSPS) is 23.7. The Hall–Kier alpha value is 0.694. The topological polar surface area (TPSA) is 34.1 Å². The van der Waals surface area contributed by atoms with Crippen molar-refractivity contribution in [3.63, 3.8) is 0 Å². The van der Waals surface area contributed by atoms with E-state index >= 15 is 0 Å². The van der Waals surface area contributed by atoms with Crippen molar-refractivity contribution in [2.45, 2.75) is 125 Å². The van der Waals surface area contributed by atoms with E-state index in [2.05, 4.69) is 19.7 Å². The molecule has 1 radical (unpaired) electrons. The molecule has 0 bridgehead atoms. The molecule has 0 N–H and O–H groups in total. The summed E-state index contributed by atoms with van der Waals surface area (Å²) in [6.07, 6.45) is 29.7. The van der Waals surface area contributed by atoms with Gasteiger partial charge in [0.2, 0.25) is 0 Å². The average molecular weight is 482 g/mol. The van der Waals surface area contributed by atoms with Gasteiger partial charge in [0.25, 0.3) is 0 Å². The van der Waals surface area contributed by atoms with E-state index < -0.39 is 0 Å². The average Bonchev–Trinajstić information content (AvgIpc) is 3.56. The number of rotatable bonds is 7. The fourth-order valence-corrected chi connectivity index (χ4v) is 14.1. The Bertz CT molecular complexity index is 332. The van der Waals surface area contributed by atoms with Crippen LogP contribution in [0.15, 0.2) is 0 Å². The van der Waals surface area contributed by atoms with Gasteiger partial charge in [-0.15, -0.1) is 7.92 Å². The molecule has 0 aliphatic heterocycles. The quantitative estimate of drug-likeness (QED) is 0.165. The van der Waals surface area contributed by atoms with E-state index in [9.17, 15) is 0 Å². The molecule has 4 fully saturated rings. The molecule has 29 heavy (non-hydrogen) atoms. The fourth-order valence-electron chi connectivity index (χ4n) is 6.26. The molecule has 4 rings (SSSR count). The van der Waals surface area contributed by atoms with E-state index in [0.29, 0.717) is 7.92 Å². The first-order chi connectivity index (χ1) is 13.9. The molecule has 4 aliphatic rings. The summed E-state index contributed by atoms with van der Waals surface area (Å²) in [7, 11) is 0.603. The predicted octanol–water partition coefficient (Wildman–Crippen LogP) is 7.33. The maximum Gasteiger partial charge on any atom is 3.00 e. The minimum Gasteiger partial charge on any atom is -0.545 e. The molecule has 0 spiro atoms. The predicted molar refractivity (Wildman–Crippen MR) is 126 cm³/mol. The van der Waals surface area contributed by atoms with Crippen molar-refractivity contribution < 1.29 is 26.1 Å². The molecule has 4 aliphatic carbocycles. The van der Waals surface area contributed by atoms with E-state index in [1.54, 1.807) is 109 Å². The maximum absolute atomic E-state index is 7.75. The summed E-state index contributed by atoms with van der Waals surface area (Å²) in [4.78, 5) is 15.5. The summed E-state index contributed by atoms with van der Waals surface area (Å²) in [6.45, 7) is 6.50. The van der Waals surface area contributed by atoms with Crippen LogP contribution in [0.3, 0.4) is 0 Å². The van der Waals surface area contributed by atoms with Gasteiger partial charge in [0.05, 0.1) is 0 Å². The van der Waals surface area contributed by atoms with Crippen molar-refractivity contribution in [3.8, 4) is 0 Å². The van der Waals surface area contributed by atoms with Gasteiger partial charge in [-0.25, -0.2) is 0 Å². The molecule has 0 heterocycles. The first kappa shape index (κ1) is 27.7. The first-order valence-corrected chi connectivity index (χ1v) is 15.0. The molecule has 0 aromatic carbocycles. The van der Waals surface area contributed by atoms with E-state index in [1.165, 1.54) is 11.3 Å². The van der Waals surface area contributed by atoms with E-state index in [0.717, 1.165) is 11.3 Å². The van der Waals surface area contributed by atoms with Gasteiger partial charge in [-0.2, -0.15) is 6.16 Å².